The minimum absolute atomic E-state index is 0.0110. The Morgan fingerprint density at radius 3 is 2.29 bits per heavy atom. The fraction of sp³-hybridized carbons (Fsp3) is 0.462. The number of rotatable bonds is 6. The zero-order valence-corrected chi connectivity index (χ0v) is 10.2. The van der Waals surface area contributed by atoms with Crippen LogP contribution in [0.1, 0.15) is 18.4 Å². The smallest absolute Gasteiger partial charge is 0.137 e. The first-order valence-electron chi connectivity index (χ1n) is 5.59. The lowest BCUT2D eigenvalue weighted by Gasteiger charge is -2.08. The number of hydrogen-bond donors (Lipinski definition) is 0. The molecule has 17 heavy (non-hydrogen) atoms. The van der Waals surface area contributed by atoms with Crippen molar-refractivity contribution in [2.24, 2.45) is 0 Å². The van der Waals surface area contributed by atoms with Crippen LogP contribution in [0.5, 0.6) is 0 Å². The fourth-order valence-corrected chi connectivity index (χ4v) is 1.62. The first-order valence-corrected chi connectivity index (χ1v) is 5.59. The van der Waals surface area contributed by atoms with Crippen LogP contribution in [0, 0.1) is 11.6 Å². The van der Waals surface area contributed by atoms with Crippen molar-refractivity contribution >= 4 is 5.78 Å². The van der Waals surface area contributed by atoms with Gasteiger partial charge in [0.1, 0.15) is 17.4 Å². The van der Waals surface area contributed by atoms with Gasteiger partial charge in [0.25, 0.3) is 0 Å². The van der Waals surface area contributed by atoms with Gasteiger partial charge in [0.15, 0.2) is 0 Å². The van der Waals surface area contributed by atoms with Crippen molar-refractivity contribution < 1.29 is 13.6 Å². The second-order valence-corrected chi connectivity index (χ2v) is 4.40. The quantitative estimate of drug-likeness (QED) is 0.762. The van der Waals surface area contributed by atoms with E-state index in [0.29, 0.717) is 12.0 Å². The Morgan fingerprint density at radius 1 is 1.18 bits per heavy atom. The van der Waals surface area contributed by atoms with Gasteiger partial charge in [0.05, 0.1) is 0 Å². The van der Waals surface area contributed by atoms with Gasteiger partial charge < -0.3 is 4.90 Å². The van der Waals surface area contributed by atoms with Gasteiger partial charge in [0.2, 0.25) is 0 Å². The van der Waals surface area contributed by atoms with Crippen LogP contribution in [0.3, 0.4) is 0 Å². The Kier molecular flexibility index (Phi) is 5.22. The van der Waals surface area contributed by atoms with Gasteiger partial charge in [-0.2, -0.15) is 0 Å². The molecule has 0 aliphatic heterocycles. The van der Waals surface area contributed by atoms with Gasteiger partial charge in [0, 0.05) is 18.9 Å². The average Bonchev–Trinajstić information content (AvgIpc) is 2.14. The van der Waals surface area contributed by atoms with Crippen LogP contribution < -0.4 is 0 Å². The van der Waals surface area contributed by atoms with E-state index >= 15 is 0 Å². The van der Waals surface area contributed by atoms with Crippen molar-refractivity contribution in [1.29, 1.82) is 0 Å². The average molecular weight is 241 g/mol. The molecule has 0 spiro atoms. The Morgan fingerprint density at radius 2 is 1.76 bits per heavy atom. The zero-order valence-electron chi connectivity index (χ0n) is 10.2. The van der Waals surface area contributed by atoms with E-state index in [1.54, 1.807) is 0 Å². The van der Waals surface area contributed by atoms with E-state index in [1.165, 1.54) is 12.1 Å². The van der Waals surface area contributed by atoms with Crippen LogP contribution in [0.25, 0.3) is 0 Å². The van der Waals surface area contributed by atoms with E-state index in [2.05, 4.69) is 0 Å². The van der Waals surface area contributed by atoms with Gasteiger partial charge in [-0.05, 0) is 44.8 Å². The molecule has 4 heteroatoms. The number of carbonyl (C=O) groups excluding carboxylic acids is 1. The van der Waals surface area contributed by atoms with Crippen molar-refractivity contribution in [2.45, 2.75) is 19.3 Å². The highest BCUT2D eigenvalue weighted by Gasteiger charge is 2.06. The molecule has 0 fully saturated rings. The van der Waals surface area contributed by atoms with Crippen LogP contribution in [0.4, 0.5) is 8.78 Å². The molecule has 0 bridgehead atoms. The van der Waals surface area contributed by atoms with Gasteiger partial charge >= 0.3 is 0 Å². The Labute approximate surface area is 100 Å². The third-order valence-electron chi connectivity index (χ3n) is 2.38. The van der Waals surface area contributed by atoms with Crippen LogP contribution in [0.15, 0.2) is 18.2 Å². The number of benzene rings is 1. The number of hydrogen-bond acceptors (Lipinski definition) is 2. The maximum atomic E-state index is 12.9. The molecular formula is C13H17F2NO. The minimum atomic E-state index is -0.638. The molecule has 1 rings (SSSR count). The van der Waals surface area contributed by atoms with Gasteiger partial charge in [-0.3, -0.25) is 4.79 Å². The highest BCUT2D eigenvalue weighted by molar-refractivity contribution is 5.80. The first kappa shape index (κ1) is 13.8. The molecule has 1 aromatic carbocycles. The summed E-state index contributed by atoms with van der Waals surface area (Å²) < 4.78 is 25.8. The fourth-order valence-electron chi connectivity index (χ4n) is 1.62. The predicted octanol–water partition coefficient (Wildman–Crippen LogP) is 2.42. The molecule has 0 saturated heterocycles. The third kappa shape index (κ3) is 5.54. The van der Waals surface area contributed by atoms with Crippen molar-refractivity contribution in [3.63, 3.8) is 0 Å². The minimum Gasteiger partial charge on any atom is -0.309 e. The van der Waals surface area contributed by atoms with E-state index in [1.807, 2.05) is 19.0 Å². The number of ketones is 1. The lowest BCUT2D eigenvalue weighted by molar-refractivity contribution is -0.118. The maximum absolute atomic E-state index is 12.9. The molecule has 0 aliphatic rings. The van der Waals surface area contributed by atoms with E-state index in [0.717, 1.165) is 19.0 Å². The van der Waals surface area contributed by atoms with Gasteiger partial charge in [-0.25, -0.2) is 8.78 Å². The normalized spacial score (nSPS) is 10.9. The Bertz CT molecular complexity index is 371. The summed E-state index contributed by atoms with van der Waals surface area (Å²) in [6.07, 6.45) is 1.31. The van der Waals surface area contributed by atoms with Gasteiger partial charge in [-0.15, -0.1) is 0 Å². The van der Waals surface area contributed by atoms with Crippen LogP contribution >= 0.6 is 0 Å². The summed E-state index contributed by atoms with van der Waals surface area (Å²) in [5, 5.41) is 0. The van der Waals surface area contributed by atoms with E-state index < -0.39 is 11.6 Å². The van der Waals surface area contributed by atoms with Crippen molar-refractivity contribution in [2.75, 3.05) is 20.6 Å². The molecule has 0 aromatic heterocycles. The monoisotopic (exact) mass is 241 g/mol. The largest absolute Gasteiger partial charge is 0.309 e. The van der Waals surface area contributed by atoms with Crippen LogP contribution in [0.2, 0.25) is 0 Å². The summed E-state index contributed by atoms with van der Waals surface area (Å²) in [4.78, 5) is 13.5. The second kappa shape index (κ2) is 6.45. The summed E-state index contributed by atoms with van der Waals surface area (Å²) >= 11 is 0. The molecule has 0 heterocycles. The molecule has 0 radical (unpaired) electrons. The SMILES string of the molecule is CN(C)CCCC(=O)Cc1cc(F)cc(F)c1. The van der Waals surface area contributed by atoms with Crippen LogP contribution in [-0.2, 0) is 11.2 Å². The Hall–Kier alpha value is -1.29. The molecule has 0 saturated carbocycles. The number of Topliss-reactive ketones (excluding diaryl/α,β-unsaturated/α-hetero) is 1. The molecule has 0 atom stereocenters. The van der Waals surface area contributed by atoms with E-state index in [4.69, 9.17) is 0 Å². The summed E-state index contributed by atoms with van der Waals surface area (Å²) in [5.41, 5.74) is 0.400. The maximum Gasteiger partial charge on any atom is 0.137 e. The molecule has 0 N–H and O–H groups in total. The molecule has 0 aliphatic carbocycles. The third-order valence-corrected chi connectivity index (χ3v) is 2.38. The summed E-state index contributed by atoms with van der Waals surface area (Å²) in [6, 6.07) is 3.21. The summed E-state index contributed by atoms with van der Waals surface area (Å²) in [7, 11) is 3.87. The standard InChI is InChI=1S/C13H17F2NO/c1-16(2)5-3-4-13(17)8-10-6-11(14)9-12(15)7-10/h6-7,9H,3-5,8H2,1-2H3. The summed E-state index contributed by atoms with van der Waals surface area (Å²) in [6.45, 7) is 0.837. The van der Waals surface area contributed by atoms with Crippen molar-refractivity contribution in [1.82, 2.24) is 4.90 Å². The van der Waals surface area contributed by atoms with Crippen molar-refractivity contribution in [3.05, 3.63) is 35.4 Å². The highest BCUT2D eigenvalue weighted by atomic mass is 19.1. The lowest BCUT2D eigenvalue weighted by Crippen LogP contribution is -2.14. The molecule has 0 unspecified atom stereocenters. The molecule has 0 amide bonds. The van der Waals surface area contributed by atoms with E-state index in [9.17, 15) is 13.6 Å². The van der Waals surface area contributed by atoms with Crippen LogP contribution in [-0.4, -0.2) is 31.3 Å². The molecule has 1 aromatic rings. The lowest BCUT2D eigenvalue weighted by atomic mass is 10.1. The second-order valence-electron chi connectivity index (χ2n) is 4.40. The topological polar surface area (TPSA) is 20.3 Å². The number of halogens is 2. The van der Waals surface area contributed by atoms with E-state index in [-0.39, 0.29) is 12.2 Å². The molecule has 94 valence electrons. The highest BCUT2D eigenvalue weighted by Crippen LogP contribution is 2.10. The van der Waals surface area contributed by atoms with Crippen molar-refractivity contribution in [3.8, 4) is 0 Å². The number of nitrogens with zero attached hydrogens (tertiary/aromatic N) is 1. The Balaban J connectivity index is 2.45. The summed E-state index contributed by atoms with van der Waals surface area (Å²) in [5.74, 6) is -1.26. The predicted molar refractivity (Wildman–Crippen MR) is 62.9 cm³/mol. The zero-order chi connectivity index (χ0) is 12.8. The molecule has 2 nitrogen and oxygen atoms in total. The first-order chi connectivity index (χ1) is 7.97. The van der Waals surface area contributed by atoms with Gasteiger partial charge in [-0.1, -0.05) is 0 Å². The molecular weight excluding hydrogens is 224 g/mol. The number of carbonyl (C=O) groups is 1.